The number of rotatable bonds is 6. The molecule has 2 aromatic rings. The Balaban J connectivity index is 1.25. The van der Waals surface area contributed by atoms with Gasteiger partial charge in [0.2, 0.25) is 5.91 Å². The molecule has 0 atom stereocenters. The lowest BCUT2D eigenvalue weighted by atomic mass is 9.82. The van der Waals surface area contributed by atoms with Gasteiger partial charge in [-0.15, -0.1) is 0 Å². The van der Waals surface area contributed by atoms with Gasteiger partial charge in [0.1, 0.15) is 22.8 Å². The number of fused-ring (bicyclic) bond motifs is 1. The van der Waals surface area contributed by atoms with Crippen molar-refractivity contribution in [3.63, 3.8) is 0 Å². The monoisotopic (exact) mass is 457 g/mol. The van der Waals surface area contributed by atoms with Crippen LogP contribution in [0.15, 0.2) is 36.4 Å². The van der Waals surface area contributed by atoms with Gasteiger partial charge in [0, 0.05) is 37.4 Å². The van der Waals surface area contributed by atoms with Crippen molar-refractivity contribution in [2.24, 2.45) is 0 Å². The van der Waals surface area contributed by atoms with Gasteiger partial charge in [-0.2, -0.15) is 0 Å². The van der Waals surface area contributed by atoms with Crippen LogP contribution < -0.4 is 14.2 Å². The highest BCUT2D eigenvalue weighted by atomic mass is 35.5. The number of benzene rings is 2. The van der Waals surface area contributed by atoms with Crippen molar-refractivity contribution in [2.45, 2.75) is 44.6 Å². The minimum atomic E-state index is -0.529. The van der Waals surface area contributed by atoms with Gasteiger partial charge in [0.25, 0.3) is 0 Å². The van der Waals surface area contributed by atoms with Crippen LogP contribution in [0.3, 0.4) is 0 Å². The van der Waals surface area contributed by atoms with E-state index >= 15 is 0 Å². The molecule has 4 rings (SSSR count). The third kappa shape index (κ3) is 4.85. The molecular formula is C25H28ClNO5. The van der Waals surface area contributed by atoms with E-state index in [0.29, 0.717) is 68.1 Å². The maximum absolute atomic E-state index is 12.7. The second-order valence-electron chi connectivity index (χ2n) is 8.49. The van der Waals surface area contributed by atoms with E-state index < -0.39 is 5.60 Å². The van der Waals surface area contributed by atoms with Crippen LogP contribution in [0.1, 0.15) is 48.0 Å². The average Bonchev–Trinajstić information content (AvgIpc) is 2.79. The lowest BCUT2D eigenvalue weighted by molar-refractivity contribution is -0.135. The zero-order chi connectivity index (χ0) is 22.7. The quantitative estimate of drug-likeness (QED) is 0.580. The minimum absolute atomic E-state index is 0.0589. The topological polar surface area (TPSA) is 65.1 Å². The highest BCUT2D eigenvalue weighted by molar-refractivity contribution is 6.31. The first kappa shape index (κ1) is 22.5. The van der Waals surface area contributed by atoms with Crippen molar-refractivity contribution in [2.75, 3.05) is 26.8 Å². The van der Waals surface area contributed by atoms with Crippen molar-refractivity contribution in [3.05, 3.63) is 52.5 Å². The molecule has 1 spiro atoms. The van der Waals surface area contributed by atoms with Crippen LogP contribution >= 0.6 is 11.6 Å². The summed E-state index contributed by atoms with van der Waals surface area (Å²) in [5.41, 5.74) is 0.917. The Morgan fingerprint density at radius 3 is 2.53 bits per heavy atom. The van der Waals surface area contributed by atoms with Gasteiger partial charge in [0.05, 0.1) is 25.7 Å². The number of carbonyl (C=O) groups is 2. The van der Waals surface area contributed by atoms with Crippen LogP contribution in [0.2, 0.25) is 5.02 Å². The Kier molecular flexibility index (Phi) is 6.60. The van der Waals surface area contributed by atoms with Gasteiger partial charge in [-0.05, 0) is 55.3 Å². The molecule has 7 heteroatoms. The molecule has 2 aliphatic heterocycles. The second-order valence-corrected chi connectivity index (χ2v) is 8.90. The fourth-order valence-corrected chi connectivity index (χ4v) is 4.46. The van der Waals surface area contributed by atoms with Gasteiger partial charge in [-0.25, -0.2) is 0 Å². The number of halogens is 1. The number of nitrogens with zero attached hydrogens (tertiary/aromatic N) is 1. The summed E-state index contributed by atoms with van der Waals surface area (Å²) < 4.78 is 17.1. The van der Waals surface area contributed by atoms with E-state index in [0.717, 1.165) is 17.1 Å². The highest BCUT2D eigenvalue weighted by Gasteiger charge is 2.43. The van der Waals surface area contributed by atoms with E-state index in [1.54, 1.807) is 13.2 Å². The molecule has 0 bridgehead atoms. The largest absolute Gasteiger partial charge is 0.497 e. The van der Waals surface area contributed by atoms with E-state index in [2.05, 4.69) is 0 Å². The number of methoxy groups -OCH3 is 1. The van der Waals surface area contributed by atoms with E-state index in [1.165, 1.54) is 0 Å². The number of piperidine rings is 1. The molecule has 0 aromatic heterocycles. The Bertz CT molecular complexity index is 996. The fraction of sp³-hybridized carbons (Fsp3) is 0.440. The minimum Gasteiger partial charge on any atom is -0.497 e. The normalized spacial score (nSPS) is 17.0. The first-order valence-corrected chi connectivity index (χ1v) is 11.3. The smallest absolute Gasteiger partial charge is 0.222 e. The van der Waals surface area contributed by atoms with Gasteiger partial charge >= 0.3 is 0 Å². The summed E-state index contributed by atoms with van der Waals surface area (Å²) in [5.74, 6) is 2.32. The molecule has 0 N–H and O–H groups in total. The Labute approximate surface area is 193 Å². The molecule has 1 fully saturated rings. The number of likely N-dealkylation sites (tertiary alicyclic amines) is 1. The third-order valence-electron chi connectivity index (χ3n) is 6.26. The van der Waals surface area contributed by atoms with Gasteiger partial charge in [0.15, 0.2) is 5.78 Å². The molecule has 6 nitrogen and oxygen atoms in total. The summed E-state index contributed by atoms with van der Waals surface area (Å²) in [6, 6.07) is 10.9. The number of aryl methyl sites for hydroxylation is 1. The Hall–Kier alpha value is -2.73. The predicted octanol–water partition coefficient (Wildman–Crippen LogP) is 4.84. The SMILES string of the molecule is COc1ccc(OCCCC(=O)N2CCC3(CC2)CC(=O)c2cc(Cl)c(C)cc2O3)cc1. The average molecular weight is 458 g/mol. The van der Waals surface area contributed by atoms with Crippen molar-refractivity contribution >= 4 is 23.3 Å². The van der Waals surface area contributed by atoms with Gasteiger partial charge in [-0.3, -0.25) is 9.59 Å². The maximum Gasteiger partial charge on any atom is 0.222 e. The molecule has 0 radical (unpaired) electrons. The molecule has 1 amide bonds. The Morgan fingerprint density at radius 2 is 1.84 bits per heavy atom. The summed E-state index contributed by atoms with van der Waals surface area (Å²) >= 11 is 6.18. The molecule has 170 valence electrons. The van der Waals surface area contributed by atoms with Gasteiger partial charge in [-0.1, -0.05) is 11.6 Å². The molecule has 0 unspecified atom stereocenters. The van der Waals surface area contributed by atoms with Crippen LogP contribution in [0.5, 0.6) is 17.2 Å². The number of hydrogen-bond donors (Lipinski definition) is 0. The number of ether oxygens (including phenoxy) is 3. The van der Waals surface area contributed by atoms with Crippen LogP contribution in [-0.2, 0) is 4.79 Å². The summed E-state index contributed by atoms with van der Waals surface area (Å²) in [5, 5.41) is 0.577. The van der Waals surface area contributed by atoms with Crippen LogP contribution in [-0.4, -0.2) is 49.0 Å². The Morgan fingerprint density at radius 1 is 1.16 bits per heavy atom. The van der Waals surface area contributed by atoms with Crippen molar-refractivity contribution < 1.29 is 23.8 Å². The van der Waals surface area contributed by atoms with Crippen LogP contribution in [0.25, 0.3) is 0 Å². The van der Waals surface area contributed by atoms with Crippen LogP contribution in [0.4, 0.5) is 0 Å². The molecular weight excluding hydrogens is 430 g/mol. The maximum atomic E-state index is 12.7. The van der Waals surface area contributed by atoms with Gasteiger partial charge < -0.3 is 19.1 Å². The summed E-state index contributed by atoms with van der Waals surface area (Å²) in [4.78, 5) is 27.2. The standard InChI is InChI=1S/C25H28ClNO5/c1-17-14-23-20(15-21(17)26)22(28)16-25(32-23)9-11-27(12-10-25)24(29)4-3-13-31-19-7-5-18(30-2)6-8-19/h5-8,14-15H,3-4,9-13,16H2,1-2H3. The number of Topliss-reactive ketones (excluding diaryl/α,β-unsaturated/α-hetero) is 1. The molecule has 2 aliphatic rings. The number of hydrogen-bond acceptors (Lipinski definition) is 5. The summed E-state index contributed by atoms with van der Waals surface area (Å²) in [7, 11) is 1.62. The molecule has 2 heterocycles. The fourth-order valence-electron chi connectivity index (χ4n) is 4.30. The first-order chi connectivity index (χ1) is 15.4. The zero-order valence-corrected chi connectivity index (χ0v) is 19.2. The molecule has 0 saturated carbocycles. The number of ketones is 1. The van der Waals surface area contributed by atoms with E-state index in [9.17, 15) is 9.59 Å². The lowest BCUT2D eigenvalue weighted by Crippen LogP contribution is -2.52. The number of amides is 1. The molecule has 32 heavy (non-hydrogen) atoms. The molecule has 0 aliphatic carbocycles. The van der Waals surface area contributed by atoms with Crippen molar-refractivity contribution in [3.8, 4) is 17.2 Å². The highest BCUT2D eigenvalue weighted by Crippen LogP contribution is 2.41. The summed E-state index contributed by atoms with van der Waals surface area (Å²) in [6.45, 7) is 3.56. The number of carbonyl (C=O) groups excluding carboxylic acids is 2. The van der Waals surface area contributed by atoms with Crippen LogP contribution in [0, 0.1) is 6.92 Å². The predicted molar refractivity (Wildman–Crippen MR) is 122 cm³/mol. The van der Waals surface area contributed by atoms with Crippen molar-refractivity contribution in [1.29, 1.82) is 0 Å². The first-order valence-electron chi connectivity index (χ1n) is 11.0. The van der Waals surface area contributed by atoms with E-state index in [1.807, 2.05) is 42.2 Å². The molecule has 1 saturated heterocycles. The van der Waals surface area contributed by atoms with Crippen molar-refractivity contribution in [1.82, 2.24) is 4.90 Å². The summed E-state index contributed by atoms with van der Waals surface area (Å²) in [6.07, 6.45) is 2.71. The lowest BCUT2D eigenvalue weighted by Gasteiger charge is -2.44. The molecule has 2 aromatic carbocycles. The second kappa shape index (κ2) is 9.41. The zero-order valence-electron chi connectivity index (χ0n) is 18.5. The third-order valence-corrected chi connectivity index (χ3v) is 6.67. The van der Waals surface area contributed by atoms with E-state index in [4.69, 9.17) is 25.8 Å². The van der Waals surface area contributed by atoms with E-state index in [-0.39, 0.29) is 11.7 Å².